The van der Waals surface area contributed by atoms with Gasteiger partial charge in [0.1, 0.15) is 8.24 Å². The molecule has 0 unspecified atom stereocenters. The van der Waals surface area contributed by atoms with Gasteiger partial charge in [0.25, 0.3) is 0 Å². The number of hydrogen-bond donors (Lipinski definition) is 0. The predicted molar refractivity (Wildman–Crippen MR) is 100 cm³/mol. The molecule has 132 valence electrons. The van der Waals surface area contributed by atoms with E-state index in [1.165, 1.54) is 13.1 Å². The first-order valence-corrected chi connectivity index (χ1v) is 14.3. The summed E-state index contributed by atoms with van der Waals surface area (Å²) in [6.45, 7) is 24.8. The van der Waals surface area contributed by atoms with Crippen molar-refractivity contribution in [2.75, 3.05) is 45.6 Å². The van der Waals surface area contributed by atoms with Crippen LogP contribution < -0.4 is 0 Å². The van der Waals surface area contributed by atoms with Crippen molar-refractivity contribution in [2.45, 2.75) is 59.3 Å². The molecule has 0 bridgehead atoms. The van der Waals surface area contributed by atoms with E-state index in [9.17, 15) is 0 Å². The van der Waals surface area contributed by atoms with Crippen LogP contribution in [-0.4, -0.2) is 71.8 Å². The molecule has 0 aliphatic carbocycles. The smallest absolute Gasteiger partial charge is 0.349 e. The summed E-state index contributed by atoms with van der Waals surface area (Å²) in [6.07, 6.45) is 1.00. The minimum absolute atomic E-state index is 0.426. The Morgan fingerprint density at radius 1 is 0.864 bits per heavy atom. The van der Waals surface area contributed by atoms with E-state index in [4.69, 9.17) is 8.85 Å². The Balaban J connectivity index is 2.58. The van der Waals surface area contributed by atoms with Crippen molar-refractivity contribution in [2.24, 2.45) is 0 Å². The molecule has 0 amide bonds. The third-order valence-corrected chi connectivity index (χ3v) is 13.9. The summed E-state index contributed by atoms with van der Waals surface area (Å²) in [5.41, 5.74) is 0. The molecular formula is C16H38N2O2Si2. The maximum absolute atomic E-state index is 5.99. The second-order valence-corrected chi connectivity index (χ2v) is 16.5. The molecule has 1 aliphatic rings. The molecule has 0 radical (unpaired) electrons. The average molecular weight is 347 g/mol. The molecule has 0 saturated carbocycles. The Morgan fingerprint density at radius 2 is 1.32 bits per heavy atom. The van der Waals surface area contributed by atoms with Crippen molar-refractivity contribution in [3.05, 3.63) is 0 Å². The van der Waals surface area contributed by atoms with Gasteiger partial charge in [0, 0.05) is 45.6 Å². The van der Waals surface area contributed by atoms with Crippen molar-refractivity contribution in [1.29, 1.82) is 0 Å². The summed E-state index contributed by atoms with van der Waals surface area (Å²) >= 11 is 0. The molecule has 0 aromatic rings. The molecular weight excluding hydrogens is 308 g/mol. The molecule has 0 aromatic heterocycles. The van der Waals surface area contributed by atoms with Gasteiger partial charge in [-0.25, -0.2) is 0 Å². The van der Waals surface area contributed by atoms with Crippen LogP contribution in [0.25, 0.3) is 0 Å². The van der Waals surface area contributed by atoms with E-state index in [1.54, 1.807) is 0 Å². The third kappa shape index (κ3) is 5.14. The Hall–Kier alpha value is 0.274. The molecule has 1 rings (SSSR count). The Labute approximate surface area is 140 Å². The van der Waals surface area contributed by atoms with Crippen LogP contribution >= 0.6 is 0 Å². The summed E-state index contributed by atoms with van der Waals surface area (Å²) in [6, 6.07) is 0. The fourth-order valence-corrected chi connectivity index (χ4v) is 7.97. The summed E-state index contributed by atoms with van der Waals surface area (Å²) in [5, 5.41) is 0.426. The topological polar surface area (TPSA) is 24.9 Å². The Kier molecular flexibility index (Phi) is 7.29. The van der Waals surface area contributed by atoms with Crippen molar-refractivity contribution in [3.63, 3.8) is 0 Å². The summed E-state index contributed by atoms with van der Waals surface area (Å²) in [5.74, 6) is 0. The largest absolute Gasteiger partial charge is 0.394 e. The quantitative estimate of drug-likeness (QED) is 0.660. The van der Waals surface area contributed by atoms with Gasteiger partial charge >= 0.3 is 8.56 Å². The predicted octanol–water partition coefficient (Wildman–Crippen LogP) is 3.29. The van der Waals surface area contributed by atoms with Gasteiger partial charge in [0.2, 0.25) is 0 Å². The maximum Gasteiger partial charge on any atom is 0.349 e. The van der Waals surface area contributed by atoms with Gasteiger partial charge in [-0.1, -0.05) is 33.9 Å². The van der Waals surface area contributed by atoms with Gasteiger partial charge in [-0.2, -0.15) is 0 Å². The molecule has 0 spiro atoms. The van der Waals surface area contributed by atoms with Gasteiger partial charge in [-0.05, 0) is 25.4 Å². The zero-order valence-corrected chi connectivity index (χ0v) is 18.2. The maximum atomic E-state index is 5.99. The summed E-state index contributed by atoms with van der Waals surface area (Å²) < 4.78 is 14.8. The van der Waals surface area contributed by atoms with E-state index in [0.29, 0.717) is 5.04 Å². The standard InChI is InChI=1S/C16H38N2O2Si2/c1-9-19-22(8,20-10-2)15-17-11-13-18(14-12-17)21(6,7)16(3,4)5/h9-15H2,1-8H3. The average Bonchev–Trinajstić information content (AvgIpc) is 2.38. The lowest BCUT2D eigenvalue weighted by Crippen LogP contribution is -2.63. The molecule has 0 aromatic carbocycles. The van der Waals surface area contributed by atoms with Gasteiger partial charge in [-0.3, -0.25) is 4.90 Å². The Morgan fingerprint density at radius 3 is 1.68 bits per heavy atom. The number of hydrogen-bond acceptors (Lipinski definition) is 4. The van der Waals surface area contributed by atoms with Crippen LogP contribution in [-0.2, 0) is 8.85 Å². The van der Waals surface area contributed by atoms with E-state index >= 15 is 0 Å². The molecule has 1 heterocycles. The van der Waals surface area contributed by atoms with Crippen molar-refractivity contribution >= 4 is 16.8 Å². The zero-order chi connectivity index (χ0) is 17.0. The normalized spacial score (nSPS) is 19.6. The fraction of sp³-hybridized carbons (Fsp3) is 1.00. The van der Waals surface area contributed by atoms with Crippen LogP contribution in [0.5, 0.6) is 0 Å². The minimum Gasteiger partial charge on any atom is -0.394 e. The van der Waals surface area contributed by atoms with Gasteiger partial charge in [0.15, 0.2) is 0 Å². The van der Waals surface area contributed by atoms with Gasteiger partial charge in [0.05, 0.1) is 0 Å². The number of rotatable bonds is 7. The summed E-state index contributed by atoms with van der Waals surface area (Å²) in [7, 11) is -3.39. The molecule has 0 atom stereocenters. The lowest BCUT2D eigenvalue weighted by atomic mass is 10.2. The first-order chi connectivity index (χ1) is 10.1. The number of piperazine rings is 1. The molecule has 0 N–H and O–H groups in total. The molecule has 1 aliphatic heterocycles. The van der Waals surface area contributed by atoms with Crippen LogP contribution in [0.4, 0.5) is 0 Å². The molecule has 1 fully saturated rings. The second kappa shape index (κ2) is 7.90. The molecule has 22 heavy (non-hydrogen) atoms. The lowest BCUT2D eigenvalue weighted by molar-refractivity contribution is 0.143. The van der Waals surface area contributed by atoms with E-state index in [0.717, 1.165) is 32.5 Å². The zero-order valence-electron chi connectivity index (χ0n) is 16.2. The summed E-state index contributed by atoms with van der Waals surface area (Å²) in [4.78, 5) is 2.56. The highest BCUT2D eigenvalue weighted by Crippen LogP contribution is 2.38. The van der Waals surface area contributed by atoms with Crippen LogP contribution in [0.3, 0.4) is 0 Å². The van der Waals surface area contributed by atoms with Crippen molar-refractivity contribution in [3.8, 4) is 0 Å². The SMILES string of the molecule is CCO[Si](C)(CN1CCN([Si](C)(C)C(C)(C)C)CC1)OCC. The highest BCUT2D eigenvalue weighted by molar-refractivity contribution is 6.77. The fourth-order valence-electron chi connectivity index (χ4n) is 3.09. The van der Waals surface area contributed by atoms with E-state index in [-0.39, 0.29) is 0 Å². The van der Waals surface area contributed by atoms with Crippen LogP contribution in [0.2, 0.25) is 24.7 Å². The van der Waals surface area contributed by atoms with Crippen molar-refractivity contribution in [1.82, 2.24) is 9.47 Å². The van der Waals surface area contributed by atoms with Gasteiger partial charge < -0.3 is 13.4 Å². The van der Waals surface area contributed by atoms with Gasteiger partial charge in [-0.15, -0.1) is 0 Å². The van der Waals surface area contributed by atoms with Crippen LogP contribution in [0.1, 0.15) is 34.6 Å². The minimum atomic E-state index is -2.02. The molecule has 1 saturated heterocycles. The van der Waals surface area contributed by atoms with E-state index < -0.39 is 16.8 Å². The molecule has 4 nitrogen and oxygen atoms in total. The highest BCUT2D eigenvalue weighted by atomic mass is 28.4. The van der Waals surface area contributed by atoms with Crippen LogP contribution in [0, 0.1) is 0 Å². The molecule has 6 heteroatoms. The highest BCUT2D eigenvalue weighted by Gasteiger charge is 2.42. The van der Waals surface area contributed by atoms with E-state index in [2.05, 4.69) is 63.7 Å². The Bertz CT molecular complexity index is 332. The lowest BCUT2D eigenvalue weighted by Gasteiger charge is -2.49. The van der Waals surface area contributed by atoms with Crippen LogP contribution in [0.15, 0.2) is 0 Å². The van der Waals surface area contributed by atoms with E-state index in [1.807, 2.05) is 0 Å². The first kappa shape index (κ1) is 20.3. The third-order valence-electron chi connectivity index (χ3n) is 5.41. The van der Waals surface area contributed by atoms with Crippen molar-refractivity contribution < 1.29 is 8.85 Å². The number of nitrogens with zero attached hydrogens (tertiary/aromatic N) is 2. The second-order valence-electron chi connectivity index (χ2n) is 8.07. The first-order valence-electron chi connectivity index (χ1n) is 8.81. The monoisotopic (exact) mass is 346 g/mol.